The molecule has 0 bridgehead atoms. The summed E-state index contributed by atoms with van der Waals surface area (Å²) in [6, 6.07) is 9.57. The molecule has 0 aliphatic rings. The molecule has 0 saturated carbocycles. The van der Waals surface area contributed by atoms with Gasteiger partial charge in [0.15, 0.2) is 0 Å². The predicted molar refractivity (Wildman–Crippen MR) is 174 cm³/mol. The van der Waals surface area contributed by atoms with Crippen molar-refractivity contribution in [3.8, 4) is 6.07 Å². The molecular formula is C34H58F3NSn2. The van der Waals surface area contributed by atoms with E-state index in [4.69, 9.17) is 0 Å². The maximum atomic E-state index is 16.1. The second-order valence-corrected chi connectivity index (χ2v) is 38.2. The van der Waals surface area contributed by atoms with E-state index in [9.17, 15) is 5.26 Å². The molecule has 0 aromatic heterocycles. The van der Waals surface area contributed by atoms with Crippen molar-refractivity contribution in [2.24, 2.45) is 0 Å². The number of halogens is 3. The van der Waals surface area contributed by atoms with Crippen LogP contribution in [0.3, 0.4) is 0 Å². The Hall–Kier alpha value is -0.163. The van der Waals surface area contributed by atoms with E-state index in [1.807, 2.05) is 12.1 Å². The van der Waals surface area contributed by atoms with Crippen molar-refractivity contribution in [3.05, 3.63) is 39.0 Å². The fourth-order valence-electron chi connectivity index (χ4n) is 6.73. The Morgan fingerprint density at radius 1 is 0.600 bits per heavy atom. The van der Waals surface area contributed by atoms with Crippen molar-refractivity contribution >= 4 is 40.3 Å². The van der Waals surface area contributed by atoms with Gasteiger partial charge in [-0.3, -0.25) is 0 Å². The van der Waals surface area contributed by atoms with Gasteiger partial charge in [-0.05, 0) is 0 Å². The fraction of sp³-hybridized carbons (Fsp3) is 0.735. The molecule has 0 N–H and O–H groups in total. The number of hydrogen-bond acceptors (Lipinski definition) is 1. The molecule has 0 radical (unpaired) electrons. The van der Waals surface area contributed by atoms with Crippen LogP contribution in [0.15, 0.2) is 27.9 Å². The van der Waals surface area contributed by atoms with Crippen molar-refractivity contribution in [1.29, 1.82) is 5.26 Å². The molecule has 0 aliphatic carbocycles. The van der Waals surface area contributed by atoms with Crippen LogP contribution in [0.1, 0.15) is 130 Å². The summed E-state index contributed by atoms with van der Waals surface area (Å²) in [4.78, 5) is 0. The van der Waals surface area contributed by atoms with Crippen LogP contribution in [0.5, 0.6) is 0 Å². The molecule has 1 nitrogen and oxygen atoms in total. The molecule has 0 saturated heterocycles. The average molecular weight is 775 g/mol. The zero-order valence-electron chi connectivity index (χ0n) is 26.6. The van der Waals surface area contributed by atoms with Gasteiger partial charge in [-0.2, -0.15) is 0 Å². The Morgan fingerprint density at radius 3 is 1.20 bits per heavy atom. The Balaban J connectivity index is 4.41. The van der Waals surface area contributed by atoms with Gasteiger partial charge in [-0.15, -0.1) is 0 Å². The van der Waals surface area contributed by atoms with Crippen LogP contribution in [0.4, 0.5) is 13.2 Å². The Morgan fingerprint density at radius 2 is 0.925 bits per heavy atom. The SMILES string of the molecule is CCC[CH2][Sn]([CH2]CCC)([CH2]CCC)/[C](=[C](/C(F)(F)F)[Sn]([CH2]CCC)([CH2]CCC)[CH2]CCC)c1ccc(C#N)cc1. The molecule has 0 aliphatic heterocycles. The summed E-state index contributed by atoms with van der Waals surface area (Å²) >= 11 is -7.50. The number of alkyl halides is 3. The third kappa shape index (κ3) is 11.2. The first-order chi connectivity index (χ1) is 19.1. The van der Waals surface area contributed by atoms with Crippen molar-refractivity contribution in [2.75, 3.05) is 0 Å². The van der Waals surface area contributed by atoms with E-state index in [1.165, 1.54) is 0 Å². The summed E-state index contributed by atoms with van der Waals surface area (Å²) in [7, 11) is 0. The maximum absolute atomic E-state index is 16.1. The van der Waals surface area contributed by atoms with Crippen molar-refractivity contribution in [1.82, 2.24) is 0 Å². The molecule has 0 amide bonds. The molecule has 0 fully saturated rings. The molecule has 0 unspecified atom stereocenters. The molecule has 0 atom stereocenters. The fourth-order valence-corrected chi connectivity index (χ4v) is 50.9. The third-order valence-corrected chi connectivity index (χ3v) is 42.5. The first kappa shape index (κ1) is 37.9. The van der Waals surface area contributed by atoms with E-state index in [2.05, 4.69) is 47.6 Å². The van der Waals surface area contributed by atoms with Gasteiger partial charge in [0.25, 0.3) is 0 Å². The summed E-state index contributed by atoms with van der Waals surface area (Å²) in [6.07, 6.45) is 7.60. The van der Waals surface area contributed by atoms with Crippen LogP contribution in [0.2, 0.25) is 26.6 Å². The molecular weight excluding hydrogens is 717 g/mol. The number of allylic oxidation sites excluding steroid dienone is 1. The summed E-state index contributed by atoms with van der Waals surface area (Å²) in [5.41, 5.74) is 1.36. The van der Waals surface area contributed by atoms with E-state index in [0.717, 1.165) is 113 Å². The first-order valence-corrected chi connectivity index (χ1v) is 31.4. The number of benzene rings is 1. The molecule has 1 aromatic carbocycles. The number of nitrogens with zero attached hydrogens (tertiary/aromatic N) is 1. The van der Waals surface area contributed by atoms with Crippen LogP contribution in [-0.4, -0.2) is 42.9 Å². The monoisotopic (exact) mass is 777 g/mol. The van der Waals surface area contributed by atoms with Crippen LogP contribution in [-0.2, 0) is 0 Å². The molecule has 0 heterocycles. The van der Waals surface area contributed by atoms with E-state index in [1.54, 1.807) is 12.1 Å². The van der Waals surface area contributed by atoms with Gasteiger partial charge in [0.05, 0.1) is 0 Å². The van der Waals surface area contributed by atoms with Crippen LogP contribution >= 0.6 is 0 Å². The average Bonchev–Trinajstić information content (AvgIpc) is 2.95. The van der Waals surface area contributed by atoms with E-state index < -0.39 is 42.9 Å². The van der Waals surface area contributed by atoms with Crippen LogP contribution in [0, 0.1) is 11.3 Å². The number of hydrogen-bond donors (Lipinski definition) is 0. The zero-order chi connectivity index (χ0) is 30.1. The Kier molecular flexibility index (Phi) is 18.9. The second-order valence-electron chi connectivity index (χ2n) is 12.1. The van der Waals surface area contributed by atoms with E-state index >= 15 is 13.2 Å². The van der Waals surface area contributed by atoms with Gasteiger partial charge in [0.2, 0.25) is 0 Å². The summed E-state index contributed by atoms with van der Waals surface area (Å²) in [6.45, 7) is 13.0. The first-order valence-electron chi connectivity index (χ1n) is 16.5. The van der Waals surface area contributed by atoms with Crippen molar-refractivity contribution < 1.29 is 13.2 Å². The zero-order valence-corrected chi connectivity index (χ0v) is 32.3. The second kappa shape index (κ2) is 19.9. The molecule has 40 heavy (non-hydrogen) atoms. The van der Waals surface area contributed by atoms with Gasteiger partial charge in [0.1, 0.15) is 0 Å². The van der Waals surface area contributed by atoms with Crippen LogP contribution in [0.25, 0.3) is 3.59 Å². The number of unbranched alkanes of at least 4 members (excludes halogenated alkanes) is 6. The van der Waals surface area contributed by atoms with Crippen LogP contribution < -0.4 is 0 Å². The Labute approximate surface area is 253 Å². The molecule has 1 rings (SSSR count). The van der Waals surface area contributed by atoms with Gasteiger partial charge in [-0.1, -0.05) is 0 Å². The molecule has 0 spiro atoms. The Bertz CT molecular complexity index is 856. The summed E-state index contributed by atoms with van der Waals surface area (Å²) in [5, 5.41) is 9.52. The van der Waals surface area contributed by atoms with Gasteiger partial charge >= 0.3 is 255 Å². The minimum absolute atomic E-state index is 0.0842. The van der Waals surface area contributed by atoms with Crippen molar-refractivity contribution in [2.45, 2.75) is 151 Å². The summed E-state index contributed by atoms with van der Waals surface area (Å²) in [5.74, 6) is 0. The topological polar surface area (TPSA) is 23.8 Å². The summed E-state index contributed by atoms with van der Waals surface area (Å²) < 4.78 is 54.7. The standard InChI is InChI=1S/C10H4F3N.6C4H9.2Sn/c11-10(12,13)6-5-8-1-3-9(7-14)4-2-8;6*1-3-4-2;;/h1-4H;6*1,3-4H2,2H3;;. The quantitative estimate of drug-likeness (QED) is 0.114. The third-order valence-electron chi connectivity index (χ3n) is 8.95. The molecule has 1 aromatic rings. The predicted octanol–water partition coefficient (Wildman–Crippen LogP) is 12.7. The number of nitriles is 1. The molecule has 6 heteroatoms. The van der Waals surface area contributed by atoms with E-state index in [-0.39, 0.29) is 3.59 Å². The van der Waals surface area contributed by atoms with E-state index in [0.29, 0.717) is 5.56 Å². The van der Waals surface area contributed by atoms with Gasteiger partial charge < -0.3 is 0 Å². The number of rotatable bonds is 21. The van der Waals surface area contributed by atoms with Gasteiger partial charge in [-0.25, -0.2) is 0 Å². The van der Waals surface area contributed by atoms with Crippen molar-refractivity contribution in [3.63, 3.8) is 0 Å². The van der Waals surface area contributed by atoms with Gasteiger partial charge in [0, 0.05) is 0 Å². The molecule has 228 valence electrons. The minimum atomic E-state index is -4.28. The normalized spacial score (nSPS) is 13.3.